The molecule has 0 bridgehead atoms. The van der Waals surface area contributed by atoms with Crippen molar-refractivity contribution in [2.45, 2.75) is 6.92 Å². The maximum Gasteiger partial charge on any atom is 0.264 e. The van der Waals surface area contributed by atoms with Gasteiger partial charge < -0.3 is 14.2 Å². The van der Waals surface area contributed by atoms with E-state index in [1.165, 1.54) is 11.3 Å². The molecule has 0 aliphatic carbocycles. The minimum absolute atomic E-state index is 0.0657. The lowest BCUT2D eigenvalue weighted by Gasteiger charge is -2.18. The number of carbonyl (C=O) groups excluding carboxylic acids is 1. The highest BCUT2D eigenvalue weighted by atomic mass is 32.1. The fraction of sp³-hybridized carbons (Fsp3) is 0.200. The molecule has 0 atom stereocenters. The Morgan fingerprint density at radius 1 is 1.19 bits per heavy atom. The van der Waals surface area contributed by atoms with Crippen LogP contribution in [0.2, 0.25) is 0 Å². The molecule has 0 spiro atoms. The van der Waals surface area contributed by atoms with Crippen LogP contribution in [0.25, 0.3) is 11.3 Å². The second-order valence-electron chi connectivity index (χ2n) is 6.00. The fourth-order valence-electron chi connectivity index (χ4n) is 2.68. The molecular formula is C20H18N2O4S. The fourth-order valence-corrected chi connectivity index (χ4v) is 3.42. The maximum atomic E-state index is 12.1. The van der Waals surface area contributed by atoms with Crippen molar-refractivity contribution in [3.8, 4) is 28.5 Å². The summed E-state index contributed by atoms with van der Waals surface area (Å²) in [4.78, 5) is 16.6. The molecule has 1 aliphatic heterocycles. The molecule has 2 aromatic carbocycles. The molecule has 0 unspecified atom stereocenters. The van der Waals surface area contributed by atoms with Crippen molar-refractivity contribution in [3.63, 3.8) is 0 Å². The van der Waals surface area contributed by atoms with Crippen molar-refractivity contribution in [2.24, 2.45) is 0 Å². The van der Waals surface area contributed by atoms with Gasteiger partial charge in [-0.2, -0.15) is 0 Å². The molecular weight excluding hydrogens is 364 g/mol. The van der Waals surface area contributed by atoms with Gasteiger partial charge in [-0.15, -0.1) is 11.3 Å². The normalized spacial score (nSPS) is 12.5. The van der Waals surface area contributed by atoms with Gasteiger partial charge in [0.2, 0.25) is 0 Å². The van der Waals surface area contributed by atoms with E-state index in [1.807, 2.05) is 54.8 Å². The zero-order valence-corrected chi connectivity index (χ0v) is 15.5. The van der Waals surface area contributed by atoms with Crippen LogP contribution in [0.4, 0.5) is 5.13 Å². The highest BCUT2D eigenvalue weighted by Crippen LogP contribution is 2.35. The van der Waals surface area contributed by atoms with Gasteiger partial charge in [-0.3, -0.25) is 10.1 Å². The number of hydrogen-bond acceptors (Lipinski definition) is 6. The molecule has 1 amide bonds. The first-order valence-corrected chi connectivity index (χ1v) is 9.41. The van der Waals surface area contributed by atoms with E-state index in [-0.39, 0.29) is 12.5 Å². The van der Waals surface area contributed by atoms with E-state index in [1.54, 1.807) is 0 Å². The molecule has 0 fully saturated rings. The Morgan fingerprint density at radius 2 is 2.00 bits per heavy atom. The van der Waals surface area contributed by atoms with Gasteiger partial charge >= 0.3 is 0 Å². The van der Waals surface area contributed by atoms with Crippen molar-refractivity contribution in [3.05, 3.63) is 53.4 Å². The first kappa shape index (κ1) is 17.4. The number of aryl methyl sites for hydroxylation is 1. The van der Waals surface area contributed by atoms with Gasteiger partial charge in [-0.05, 0) is 36.8 Å². The summed E-state index contributed by atoms with van der Waals surface area (Å²) in [5, 5.41) is 5.19. The third kappa shape index (κ3) is 4.03. The molecule has 1 N–H and O–H groups in total. The number of nitrogens with one attached hydrogen (secondary N) is 1. The summed E-state index contributed by atoms with van der Waals surface area (Å²) in [6.07, 6.45) is 0. The van der Waals surface area contributed by atoms with Crippen LogP contribution in [-0.4, -0.2) is 30.7 Å². The van der Waals surface area contributed by atoms with Gasteiger partial charge in [0.25, 0.3) is 5.91 Å². The zero-order valence-electron chi connectivity index (χ0n) is 14.7. The number of ether oxygens (including phenoxy) is 3. The SMILES string of the molecule is Cc1ccccc1OCC(=O)Nc1nc(-c2ccc3c(c2)OCCO3)cs1. The number of aromatic nitrogens is 1. The second kappa shape index (κ2) is 7.67. The summed E-state index contributed by atoms with van der Waals surface area (Å²) in [5.74, 6) is 1.90. The van der Waals surface area contributed by atoms with Crippen molar-refractivity contribution < 1.29 is 19.0 Å². The molecule has 138 valence electrons. The van der Waals surface area contributed by atoms with Gasteiger partial charge in [0.05, 0.1) is 5.69 Å². The van der Waals surface area contributed by atoms with E-state index >= 15 is 0 Å². The molecule has 4 rings (SSSR count). The standard InChI is InChI=1S/C20H18N2O4S/c1-13-4-2-3-5-16(13)26-11-19(23)22-20-21-15(12-27-20)14-6-7-17-18(10-14)25-9-8-24-17/h2-7,10,12H,8-9,11H2,1H3,(H,21,22,23). The van der Waals surface area contributed by atoms with Crippen LogP contribution in [-0.2, 0) is 4.79 Å². The van der Waals surface area contributed by atoms with Gasteiger partial charge in [0, 0.05) is 10.9 Å². The first-order valence-electron chi connectivity index (χ1n) is 8.53. The van der Waals surface area contributed by atoms with E-state index in [2.05, 4.69) is 10.3 Å². The van der Waals surface area contributed by atoms with Gasteiger partial charge in [-0.1, -0.05) is 18.2 Å². The van der Waals surface area contributed by atoms with Crippen LogP contribution in [0, 0.1) is 6.92 Å². The lowest BCUT2D eigenvalue weighted by Crippen LogP contribution is -2.20. The molecule has 1 aromatic heterocycles. The summed E-state index contributed by atoms with van der Waals surface area (Å²) in [6.45, 7) is 2.97. The number of fused-ring (bicyclic) bond motifs is 1. The Hall–Kier alpha value is -3.06. The molecule has 0 radical (unpaired) electrons. The Kier molecular flexibility index (Phi) is 4.93. The average molecular weight is 382 g/mol. The number of benzene rings is 2. The number of anilines is 1. The van der Waals surface area contributed by atoms with Gasteiger partial charge in [0.15, 0.2) is 23.2 Å². The highest BCUT2D eigenvalue weighted by molar-refractivity contribution is 7.14. The van der Waals surface area contributed by atoms with Crippen LogP contribution in [0.5, 0.6) is 17.2 Å². The smallest absolute Gasteiger partial charge is 0.264 e. The van der Waals surface area contributed by atoms with Crippen LogP contribution < -0.4 is 19.5 Å². The summed E-state index contributed by atoms with van der Waals surface area (Å²) in [5.41, 5.74) is 2.67. The second-order valence-corrected chi connectivity index (χ2v) is 6.86. The van der Waals surface area contributed by atoms with Crippen LogP contribution in [0.15, 0.2) is 47.8 Å². The summed E-state index contributed by atoms with van der Waals surface area (Å²) in [6, 6.07) is 13.3. The van der Waals surface area contributed by atoms with Crippen molar-refractivity contribution in [1.29, 1.82) is 0 Å². The minimum Gasteiger partial charge on any atom is -0.486 e. The molecule has 0 saturated heterocycles. The predicted octanol–water partition coefficient (Wildman–Crippen LogP) is 3.91. The molecule has 27 heavy (non-hydrogen) atoms. The van der Waals surface area contributed by atoms with Crippen LogP contribution in [0.3, 0.4) is 0 Å². The van der Waals surface area contributed by atoms with Gasteiger partial charge in [0.1, 0.15) is 19.0 Å². The summed E-state index contributed by atoms with van der Waals surface area (Å²) >= 11 is 1.36. The molecule has 2 heterocycles. The average Bonchev–Trinajstić information content (AvgIpc) is 3.15. The first-order chi connectivity index (χ1) is 13.2. The number of thiazole rings is 1. The lowest BCUT2D eigenvalue weighted by molar-refractivity contribution is -0.118. The third-order valence-corrected chi connectivity index (χ3v) is 4.80. The van der Waals surface area contributed by atoms with Crippen molar-refractivity contribution >= 4 is 22.4 Å². The van der Waals surface area contributed by atoms with Crippen molar-refractivity contribution in [1.82, 2.24) is 4.98 Å². The maximum absolute atomic E-state index is 12.1. The predicted molar refractivity (Wildman–Crippen MR) is 104 cm³/mol. The number of nitrogens with zero attached hydrogens (tertiary/aromatic N) is 1. The minimum atomic E-state index is -0.249. The Labute approximate surface area is 160 Å². The lowest BCUT2D eigenvalue weighted by atomic mass is 10.1. The third-order valence-electron chi connectivity index (χ3n) is 4.04. The van der Waals surface area contributed by atoms with E-state index in [0.717, 1.165) is 22.6 Å². The molecule has 3 aromatic rings. The highest BCUT2D eigenvalue weighted by Gasteiger charge is 2.14. The number of carbonyl (C=O) groups is 1. The number of para-hydroxylation sites is 1. The van der Waals surface area contributed by atoms with Crippen molar-refractivity contribution in [2.75, 3.05) is 25.1 Å². The van der Waals surface area contributed by atoms with E-state index in [0.29, 0.717) is 29.8 Å². The summed E-state index contributed by atoms with van der Waals surface area (Å²) in [7, 11) is 0. The largest absolute Gasteiger partial charge is 0.486 e. The quantitative estimate of drug-likeness (QED) is 0.725. The Morgan fingerprint density at radius 3 is 2.85 bits per heavy atom. The number of rotatable bonds is 5. The van der Waals surface area contributed by atoms with E-state index < -0.39 is 0 Å². The van der Waals surface area contributed by atoms with Gasteiger partial charge in [-0.25, -0.2) is 4.98 Å². The molecule has 7 heteroatoms. The topological polar surface area (TPSA) is 69.7 Å². The van der Waals surface area contributed by atoms with E-state index in [9.17, 15) is 4.79 Å². The monoisotopic (exact) mass is 382 g/mol. The molecule has 1 aliphatic rings. The number of amides is 1. The van der Waals surface area contributed by atoms with E-state index in [4.69, 9.17) is 14.2 Å². The zero-order chi connectivity index (χ0) is 18.6. The Bertz CT molecular complexity index is 970. The molecule has 6 nitrogen and oxygen atoms in total. The molecule has 0 saturated carbocycles. The van der Waals surface area contributed by atoms with Crippen LogP contribution >= 0.6 is 11.3 Å². The van der Waals surface area contributed by atoms with Crippen LogP contribution in [0.1, 0.15) is 5.56 Å². The Balaban J connectivity index is 1.39. The number of hydrogen-bond donors (Lipinski definition) is 1. The summed E-state index contributed by atoms with van der Waals surface area (Å²) < 4.78 is 16.7.